The first-order chi connectivity index (χ1) is 12.6. The van der Waals surface area contributed by atoms with Crippen LogP contribution in [0.1, 0.15) is 75.4 Å². The molecule has 3 N–H and O–H groups in total. The molecule has 0 aromatic carbocycles. The fourth-order valence-corrected chi connectivity index (χ4v) is 3.23. The van der Waals surface area contributed by atoms with Gasteiger partial charge in [-0.25, -0.2) is 0 Å². The van der Waals surface area contributed by atoms with E-state index in [2.05, 4.69) is 32.3 Å². The highest BCUT2D eigenvalue weighted by atomic mass is 16.1. The molecular formula is C21H36N4O. The van der Waals surface area contributed by atoms with Gasteiger partial charge in [-0.2, -0.15) is 5.10 Å². The molecule has 0 spiro atoms. The Hall–Kier alpha value is -1.88. The number of nitrogens with two attached hydrogens (primary N) is 1. The summed E-state index contributed by atoms with van der Waals surface area (Å²) in [5.41, 5.74) is 8.87. The third kappa shape index (κ3) is 6.79. The fourth-order valence-electron chi connectivity index (χ4n) is 3.23. The van der Waals surface area contributed by atoms with Crippen molar-refractivity contribution in [1.82, 2.24) is 15.1 Å². The fraction of sp³-hybridized carbons (Fsp3) is 0.619. The average Bonchev–Trinajstić information content (AvgIpc) is 2.93. The van der Waals surface area contributed by atoms with Crippen molar-refractivity contribution in [2.24, 2.45) is 5.73 Å². The molecule has 1 atom stereocenters. The van der Waals surface area contributed by atoms with Crippen molar-refractivity contribution in [2.75, 3.05) is 6.54 Å². The summed E-state index contributed by atoms with van der Waals surface area (Å²) in [4.78, 5) is 11.6. The number of primary amides is 1. The molecule has 1 aromatic rings. The van der Waals surface area contributed by atoms with Crippen molar-refractivity contribution >= 4 is 5.91 Å². The van der Waals surface area contributed by atoms with Crippen molar-refractivity contribution in [3.8, 4) is 0 Å². The monoisotopic (exact) mass is 360 g/mol. The molecule has 26 heavy (non-hydrogen) atoms. The van der Waals surface area contributed by atoms with E-state index in [1.807, 2.05) is 16.8 Å². The Balaban J connectivity index is 3.26. The molecule has 1 heterocycles. The number of hydrogen-bond donors (Lipinski definition) is 2. The summed E-state index contributed by atoms with van der Waals surface area (Å²) in [6, 6.07) is -0.0521. The van der Waals surface area contributed by atoms with Gasteiger partial charge in [0.25, 0.3) is 0 Å². The number of nitrogens with zero attached hydrogens (tertiary/aromatic N) is 2. The molecule has 5 heteroatoms. The van der Waals surface area contributed by atoms with E-state index < -0.39 is 0 Å². The largest absolute Gasteiger partial charge is 0.368 e. The zero-order valence-electron chi connectivity index (χ0n) is 16.6. The van der Waals surface area contributed by atoms with Crippen LogP contribution in [0, 0.1) is 0 Å². The number of amides is 1. The van der Waals surface area contributed by atoms with E-state index in [1.165, 1.54) is 24.8 Å². The minimum absolute atomic E-state index is 0.0521. The van der Waals surface area contributed by atoms with Crippen LogP contribution in [0.4, 0.5) is 0 Å². The number of aromatic nitrogens is 2. The molecular weight excluding hydrogens is 324 g/mol. The molecule has 0 radical (unpaired) electrons. The predicted octanol–water partition coefficient (Wildman–Crippen LogP) is 3.84. The van der Waals surface area contributed by atoms with Crippen molar-refractivity contribution in [2.45, 2.75) is 77.8 Å². The Morgan fingerprint density at radius 2 is 1.85 bits per heavy atom. The maximum atomic E-state index is 11.6. The average molecular weight is 361 g/mol. The highest BCUT2D eigenvalue weighted by molar-refractivity contribution is 5.73. The quantitative estimate of drug-likeness (QED) is 0.369. The topological polar surface area (TPSA) is 72.9 Å². The zero-order chi connectivity index (χ0) is 19.4. The minimum Gasteiger partial charge on any atom is -0.368 e. The molecule has 1 rings (SSSR count). The Bertz CT molecular complexity index is 577. The normalized spacial score (nSPS) is 12.1. The van der Waals surface area contributed by atoms with Gasteiger partial charge in [-0.15, -0.1) is 13.2 Å². The van der Waals surface area contributed by atoms with Crippen molar-refractivity contribution in [3.63, 3.8) is 0 Å². The highest BCUT2D eigenvalue weighted by Crippen LogP contribution is 2.26. The molecule has 1 aromatic heterocycles. The van der Waals surface area contributed by atoms with E-state index in [-0.39, 0.29) is 18.5 Å². The summed E-state index contributed by atoms with van der Waals surface area (Å²) >= 11 is 0. The van der Waals surface area contributed by atoms with Crippen LogP contribution in [-0.4, -0.2) is 22.2 Å². The molecule has 1 unspecified atom stereocenters. The second-order valence-corrected chi connectivity index (χ2v) is 6.76. The summed E-state index contributed by atoms with van der Waals surface area (Å²) in [5.74, 6) is -0.356. The van der Waals surface area contributed by atoms with E-state index in [0.717, 1.165) is 43.5 Å². The zero-order valence-corrected chi connectivity index (χ0v) is 16.6. The SMILES string of the molecule is C=CCNC(C=C)c1nn(CC(N)=O)c(CCCCC)c1CCCCC. The molecule has 0 aliphatic heterocycles. The molecule has 5 nitrogen and oxygen atoms in total. The van der Waals surface area contributed by atoms with E-state index in [4.69, 9.17) is 10.8 Å². The summed E-state index contributed by atoms with van der Waals surface area (Å²) in [6.07, 6.45) is 12.5. The molecule has 0 aliphatic rings. The number of carbonyl (C=O) groups excluding carboxylic acids is 1. The van der Waals surface area contributed by atoms with E-state index >= 15 is 0 Å². The Kier molecular flexibility index (Phi) is 10.6. The van der Waals surface area contributed by atoms with Crippen LogP contribution in [0.2, 0.25) is 0 Å². The van der Waals surface area contributed by atoms with Crippen LogP contribution in [-0.2, 0) is 24.2 Å². The Morgan fingerprint density at radius 1 is 1.19 bits per heavy atom. The standard InChI is InChI=1S/C21H36N4O/c1-5-9-11-13-17-19(14-12-10-6-2)25(16-20(22)26)24-21(17)18(8-4)23-15-7-3/h7-8,18,23H,3-6,9-16H2,1-2H3,(H2,22,26). The van der Waals surface area contributed by atoms with E-state index in [9.17, 15) is 4.79 Å². The van der Waals surface area contributed by atoms with Crippen LogP contribution in [0.15, 0.2) is 25.3 Å². The first-order valence-electron chi connectivity index (χ1n) is 9.92. The molecule has 0 fully saturated rings. The van der Waals surface area contributed by atoms with Crippen molar-refractivity contribution < 1.29 is 4.79 Å². The second kappa shape index (κ2) is 12.5. The van der Waals surface area contributed by atoms with Crippen molar-refractivity contribution in [3.05, 3.63) is 42.3 Å². The summed E-state index contributed by atoms with van der Waals surface area (Å²) in [6.45, 7) is 13.0. The van der Waals surface area contributed by atoms with E-state index in [0.29, 0.717) is 6.54 Å². The number of carbonyl (C=O) groups is 1. The Morgan fingerprint density at radius 3 is 2.38 bits per heavy atom. The van der Waals surface area contributed by atoms with Gasteiger partial charge < -0.3 is 11.1 Å². The molecule has 0 aliphatic carbocycles. The molecule has 0 bridgehead atoms. The second-order valence-electron chi connectivity index (χ2n) is 6.76. The van der Waals surface area contributed by atoms with Gasteiger partial charge in [0.1, 0.15) is 6.54 Å². The van der Waals surface area contributed by atoms with Crippen LogP contribution in [0.5, 0.6) is 0 Å². The minimum atomic E-state index is -0.356. The van der Waals surface area contributed by atoms with Gasteiger partial charge in [0, 0.05) is 12.2 Å². The molecule has 0 saturated heterocycles. The molecule has 1 amide bonds. The lowest BCUT2D eigenvalue weighted by Crippen LogP contribution is -2.22. The van der Waals surface area contributed by atoms with Gasteiger partial charge in [-0.3, -0.25) is 9.48 Å². The molecule has 0 saturated carbocycles. The Labute approximate surface area is 158 Å². The van der Waals surface area contributed by atoms with Gasteiger partial charge in [-0.1, -0.05) is 51.7 Å². The predicted molar refractivity (Wildman–Crippen MR) is 109 cm³/mol. The highest BCUT2D eigenvalue weighted by Gasteiger charge is 2.22. The number of nitrogens with one attached hydrogen (secondary N) is 1. The third-order valence-electron chi connectivity index (χ3n) is 4.56. The van der Waals surface area contributed by atoms with Crippen molar-refractivity contribution in [1.29, 1.82) is 0 Å². The number of rotatable bonds is 15. The lowest BCUT2D eigenvalue weighted by atomic mass is 9.98. The summed E-state index contributed by atoms with van der Waals surface area (Å²) < 4.78 is 1.82. The summed E-state index contributed by atoms with van der Waals surface area (Å²) in [5, 5.41) is 8.18. The third-order valence-corrected chi connectivity index (χ3v) is 4.56. The first kappa shape index (κ1) is 22.2. The van der Waals surface area contributed by atoms with Crippen LogP contribution >= 0.6 is 0 Å². The van der Waals surface area contributed by atoms with Gasteiger partial charge in [-0.05, 0) is 31.2 Å². The maximum Gasteiger partial charge on any atom is 0.239 e. The maximum absolute atomic E-state index is 11.6. The lowest BCUT2D eigenvalue weighted by Gasteiger charge is -2.14. The van der Waals surface area contributed by atoms with Gasteiger partial charge in [0.2, 0.25) is 5.91 Å². The number of unbranched alkanes of at least 4 members (excludes halogenated alkanes) is 4. The van der Waals surface area contributed by atoms with Crippen LogP contribution < -0.4 is 11.1 Å². The van der Waals surface area contributed by atoms with Gasteiger partial charge in [0.15, 0.2) is 0 Å². The van der Waals surface area contributed by atoms with Gasteiger partial charge >= 0.3 is 0 Å². The van der Waals surface area contributed by atoms with E-state index in [1.54, 1.807) is 0 Å². The van der Waals surface area contributed by atoms with Gasteiger partial charge in [0.05, 0.1) is 11.7 Å². The first-order valence-corrected chi connectivity index (χ1v) is 9.92. The smallest absolute Gasteiger partial charge is 0.239 e. The lowest BCUT2D eigenvalue weighted by molar-refractivity contribution is -0.118. The van der Waals surface area contributed by atoms with Crippen LogP contribution in [0.25, 0.3) is 0 Å². The number of hydrogen-bond acceptors (Lipinski definition) is 3. The molecule has 146 valence electrons. The summed E-state index contributed by atoms with van der Waals surface area (Å²) in [7, 11) is 0. The van der Waals surface area contributed by atoms with Crippen LogP contribution in [0.3, 0.4) is 0 Å².